The molecule has 0 aliphatic heterocycles. The van der Waals surface area contributed by atoms with Gasteiger partial charge in [-0.3, -0.25) is 4.79 Å². The summed E-state index contributed by atoms with van der Waals surface area (Å²) < 4.78 is 10.4. The minimum absolute atomic E-state index is 0.0407. The molecule has 0 spiro atoms. The first-order chi connectivity index (χ1) is 12.1. The highest BCUT2D eigenvalue weighted by atomic mass is 35.5. The van der Waals surface area contributed by atoms with Gasteiger partial charge in [-0.15, -0.1) is 0 Å². The Bertz CT molecular complexity index is 831. The summed E-state index contributed by atoms with van der Waals surface area (Å²) in [5.74, 6) is 0.467. The lowest BCUT2D eigenvalue weighted by Gasteiger charge is -2.10. The van der Waals surface area contributed by atoms with E-state index in [-0.39, 0.29) is 24.4 Å². The van der Waals surface area contributed by atoms with Crippen molar-refractivity contribution in [1.29, 1.82) is 0 Å². The molecule has 0 amide bonds. The van der Waals surface area contributed by atoms with Gasteiger partial charge in [-0.05, 0) is 35.7 Å². The lowest BCUT2D eigenvalue weighted by Crippen LogP contribution is -2.08. The van der Waals surface area contributed by atoms with Gasteiger partial charge in [-0.2, -0.15) is 4.98 Å². The van der Waals surface area contributed by atoms with E-state index in [1.54, 1.807) is 24.3 Å². The number of carbonyl (C=O) groups is 1. The molecule has 1 heterocycles. The summed E-state index contributed by atoms with van der Waals surface area (Å²) in [7, 11) is 0. The largest absolute Gasteiger partial charge is 0.456 e. The second-order valence-electron chi connectivity index (χ2n) is 5.70. The Morgan fingerprint density at radius 3 is 2.60 bits per heavy atom. The highest BCUT2D eigenvalue weighted by Crippen LogP contribution is 2.20. The Labute approximate surface area is 150 Å². The van der Waals surface area contributed by atoms with Crippen LogP contribution in [0.25, 0.3) is 11.4 Å². The number of benzene rings is 2. The molecule has 0 aliphatic carbocycles. The molecular formula is C19H17ClN2O3. The molecular weight excluding hydrogens is 340 g/mol. The fraction of sp³-hybridized carbons (Fsp3) is 0.211. The summed E-state index contributed by atoms with van der Waals surface area (Å²) >= 11 is 5.85. The monoisotopic (exact) mass is 356 g/mol. The molecule has 6 heteroatoms. The van der Waals surface area contributed by atoms with E-state index < -0.39 is 0 Å². The van der Waals surface area contributed by atoms with Crippen LogP contribution in [-0.2, 0) is 16.1 Å². The zero-order chi connectivity index (χ0) is 17.6. The Morgan fingerprint density at radius 2 is 1.88 bits per heavy atom. The smallest absolute Gasteiger partial charge is 0.306 e. The molecule has 1 atom stereocenters. The molecule has 5 nitrogen and oxygen atoms in total. The van der Waals surface area contributed by atoms with E-state index in [9.17, 15) is 4.79 Å². The summed E-state index contributed by atoms with van der Waals surface area (Å²) in [6, 6.07) is 16.9. The minimum Gasteiger partial charge on any atom is -0.456 e. The highest BCUT2D eigenvalue weighted by Gasteiger charge is 2.14. The van der Waals surface area contributed by atoms with Gasteiger partial charge < -0.3 is 9.26 Å². The first kappa shape index (κ1) is 17.2. The standard InChI is InChI=1S/C19H17ClN2O3/c1-13(14-5-3-2-4-6-14)11-18(23)24-12-17-21-19(22-25-17)15-7-9-16(20)10-8-15/h2-10,13H,11-12H2,1H3/t13-/m1/s1. The number of hydrogen-bond acceptors (Lipinski definition) is 5. The van der Waals surface area contributed by atoms with Crippen LogP contribution < -0.4 is 0 Å². The third-order valence-electron chi connectivity index (χ3n) is 3.77. The van der Waals surface area contributed by atoms with Crippen molar-refractivity contribution in [1.82, 2.24) is 10.1 Å². The number of nitrogens with zero attached hydrogens (tertiary/aromatic N) is 2. The number of esters is 1. The second kappa shape index (κ2) is 7.94. The maximum atomic E-state index is 12.0. The zero-order valence-electron chi connectivity index (χ0n) is 13.7. The molecule has 128 valence electrons. The van der Waals surface area contributed by atoms with E-state index in [1.807, 2.05) is 37.3 Å². The van der Waals surface area contributed by atoms with Crippen molar-refractivity contribution in [2.45, 2.75) is 25.9 Å². The van der Waals surface area contributed by atoms with Crippen molar-refractivity contribution in [2.75, 3.05) is 0 Å². The summed E-state index contributed by atoms with van der Waals surface area (Å²) in [4.78, 5) is 16.2. The SMILES string of the molecule is C[C@H](CC(=O)OCc1nc(-c2ccc(Cl)cc2)no1)c1ccccc1. The predicted octanol–water partition coefficient (Wildman–Crippen LogP) is 4.63. The third kappa shape index (κ3) is 4.67. The Morgan fingerprint density at radius 1 is 1.16 bits per heavy atom. The summed E-state index contributed by atoms with van der Waals surface area (Å²) in [6.07, 6.45) is 0.294. The lowest BCUT2D eigenvalue weighted by atomic mass is 9.98. The quantitative estimate of drug-likeness (QED) is 0.602. The number of carbonyl (C=O) groups excluding carboxylic acids is 1. The highest BCUT2D eigenvalue weighted by molar-refractivity contribution is 6.30. The average Bonchev–Trinajstić information content (AvgIpc) is 3.10. The molecule has 0 unspecified atom stereocenters. The Kier molecular flexibility index (Phi) is 5.46. The maximum Gasteiger partial charge on any atom is 0.306 e. The van der Waals surface area contributed by atoms with E-state index in [0.717, 1.165) is 11.1 Å². The van der Waals surface area contributed by atoms with Crippen molar-refractivity contribution >= 4 is 17.6 Å². The van der Waals surface area contributed by atoms with Gasteiger partial charge in [0.2, 0.25) is 5.82 Å². The van der Waals surface area contributed by atoms with Crippen LogP contribution in [0, 0.1) is 0 Å². The molecule has 3 aromatic rings. The second-order valence-corrected chi connectivity index (χ2v) is 6.13. The molecule has 25 heavy (non-hydrogen) atoms. The lowest BCUT2D eigenvalue weighted by molar-refractivity contribution is -0.146. The van der Waals surface area contributed by atoms with Crippen LogP contribution in [0.4, 0.5) is 0 Å². The van der Waals surface area contributed by atoms with Gasteiger partial charge >= 0.3 is 5.97 Å². The van der Waals surface area contributed by atoms with Crippen LogP contribution in [0.2, 0.25) is 5.02 Å². The van der Waals surface area contributed by atoms with Gasteiger partial charge in [0.25, 0.3) is 5.89 Å². The van der Waals surface area contributed by atoms with Crippen molar-refractivity contribution in [3.05, 3.63) is 71.1 Å². The van der Waals surface area contributed by atoms with Crippen molar-refractivity contribution in [2.24, 2.45) is 0 Å². The van der Waals surface area contributed by atoms with Crippen LogP contribution in [0.1, 0.15) is 30.7 Å². The van der Waals surface area contributed by atoms with E-state index in [2.05, 4.69) is 10.1 Å². The number of hydrogen-bond donors (Lipinski definition) is 0. The fourth-order valence-corrected chi connectivity index (χ4v) is 2.51. The van der Waals surface area contributed by atoms with E-state index in [4.69, 9.17) is 20.9 Å². The van der Waals surface area contributed by atoms with Crippen molar-refractivity contribution in [3.63, 3.8) is 0 Å². The van der Waals surface area contributed by atoms with Gasteiger partial charge in [0.15, 0.2) is 6.61 Å². The first-order valence-corrected chi connectivity index (χ1v) is 8.28. The molecule has 3 rings (SSSR count). The van der Waals surface area contributed by atoms with Gasteiger partial charge in [0.1, 0.15) is 0 Å². The van der Waals surface area contributed by atoms with Crippen molar-refractivity contribution < 1.29 is 14.1 Å². The normalized spacial score (nSPS) is 11.9. The number of halogens is 1. The summed E-state index contributed by atoms with van der Waals surface area (Å²) in [6.45, 7) is 1.95. The molecule has 0 radical (unpaired) electrons. The first-order valence-electron chi connectivity index (χ1n) is 7.91. The molecule has 0 saturated heterocycles. The van der Waals surface area contributed by atoms with Crippen LogP contribution in [-0.4, -0.2) is 16.1 Å². The molecule has 0 fully saturated rings. The van der Waals surface area contributed by atoms with Gasteiger partial charge in [0.05, 0.1) is 6.42 Å². The molecule has 0 bridgehead atoms. The van der Waals surface area contributed by atoms with Crippen LogP contribution in [0.15, 0.2) is 59.1 Å². The minimum atomic E-state index is -0.303. The molecule has 2 aromatic carbocycles. The van der Waals surface area contributed by atoms with Gasteiger partial charge in [0, 0.05) is 10.6 Å². The van der Waals surface area contributed by atoms with Crippen LogP contribution in [0.5, 0.6) is 0 Å². The fourth-order valence-electron chi connectivity index (χ4n) is 2.38. The molecule has 0 saturated carbocycles. The summed E-state index contributed by atoms with van der Waals surface area (Å²) in [5.41, 5.74) is 1.88. The van der Waals surface area contributed by atoms with E-state index in [0.29, 0.717) is 17.3 Å². The number of aromatic nitrogens is 2. The molecule has 0 aliphatic rings. The Balaban J connectivity index is 1.53. The topological polar surface area (TPSA) is 65.2 Å². The summed E-state index contributed by atoms with van der Waals surface area (Å²) in [5, 5.41) is 4.52. The molecule has 0 N–H and O–H groups in total. The number of ether oxygens (including phenoxy) is 1. The maximum absolute atomic E-state index is 12.0. The van der Waals surface area contributed by atoms with Gasteiger partial charge in [-0.25, -0.2) is 0 Å². The predicted molar refractivity (Wildman–Crippen MR) is 94.0 cm³/mol. The zero-order valence-corrected chi connectivity index (χ0v) is 14.4. The third-order valence-corrected chi connectivity index (χ3v) is 4.02. The number of rotatable bonds is 6. The van der Waals surface area contributed by atoms with E-state index >= 15 is 0 Å². The van der Waals surface area contributed by atoms with E-state index in [1.165, 1.54) is 0 Å². The van der Waals surface area contributed by atoms with Crippen molar-refractivity contribution in [3.8, 4) is 11.4 Å². The van der Waals surface area contributed by atoms with Crippen LogP contribution >= 0.6 is 11.6 Å². The average molecular weight is 357 g/mol. The van der Waals surface area contributed by atoms with Gasteiger partial charge in [-0.1, -0.05) is 54.0 Å². The Hall–Kier alpha value is -2.66. The van der Waals surface area contributed by atoms with Crippen LogP contribution in [0.3, 0.4) is 0 Å². The molecule has 1 aromatic heterocycles.